The van der Waals surface area contributed by atoms with Crippen molar-refractivity contribution in [1.82, 2.24) is 0 Å². The Morgan fingerprint density at radius 3 is 1.35 bits per heavy atom. The van der Waals surface area contributed by atoms with E-state index >= 15 is 0 Å². The Morgan fingerprint density at radius 2 is 1.10 bits per heavy atom. The number of carboxylic acids is 2. The normalized spacial score (nSPS) is 9.74. The average molecular weight is 549 g/mol. The van der Waals surface area contributed by atoms with Crippen LogP contribution in [-0.4, -0.2) is 43.3 Å². The fraction of sp³-hybridized carbons (Fsp3) is 0.364. The second kappa shape index (κ2) is 16.6. The van der Waals surface area contributed by atoms with Crippen LogP contribution in [0.5, 0.6) is 0 Å². The summed E-state index contributed by atoms with van der Waals surface area (Å²) in [6.45, 7) is 4.58. The van der Waals surface area contributed by atoms with E-state index in [1.807, 2.05) is 0 Å². The van der Waals surface area contributed by atoms with Crippen molar-refractivity contribution in [3.05, 3.63) is 70.8 Å². The second-order valence-electron chi connectivity index (χ2n) is 6.27. The predicted octanol–water partition coefficient (Wildman–Crippen LogP) is 6.45. The van der Waals surface area contributed by atoms with Gasteiger partial charge in [0, 0.05) is 0 Å². The Morgan fingerprint density at radius 1 is 0.742 bits per heavy atom. The van der Waals surface area contributed by atoms with Crippen LogP contribution < -0.4 is 0 Å². The van der Waals surface area contributed by atoms with Crippen LogP contribution in [-0.2, 0) is 0 Å². The summed E-state index contributed by atoms with van der Waals surface area (Å²) in [5.74, 6) is -7.88. The van der Waals surface area contributed by atoms with Crippen molar-refractivity contribution in [2.24, 2.45) is 0 Å². The minimum Gasteiger partial charge on any atom is -0.478 e. The smallest absolute Gasteiger partial charge is 0.338 e. The number of benzene rings is 2. The minimum absolute atomic E-state index is 0.149. The molecular formula is C22H26F4O4Sn. The van der Waals surface area contributed by atoms with Crippen molar-refractivity contribution in [3.63, 3.8) is 0 Å². The number of hydrogen-bond acceptors (Lipinski definition) is 2. The van der Waals surface area contributed by atoms with Crippen molar-refractivity contribution >= 4 is 33.1 Å². The Hall–Kier alpha value is -2.10. The summed E-state index contributed by atoms with van der Waals surface area (Å²) in [5.41, 5.74) is -1.30. The second-order valence-corrected chi connectivity index (χ2v) is 10.6. The molecule has 2 radical (unpaired) electrons. The van der Waals surface area contributed by atoms with Gasteiger partial charge >= 0.3 is 81.5 Å². The first-order chi connectivity index (χ1) is 14.7. The van der Waals surface area contributed by atoms with Gasteiger partial charge in [-0.2, -0.15) is 0 Å². The maximum atomic E-state index is 12.5. The van der Waals surface area contributed by atoms with Gasteiger partial charge in [-0.15, -0.1) is 0 Å². The molecule has 2 rings (SSSR count). The molecule has 0 saturated heterocycles. The van der Waals surface area contributed by atoms with E-state index in [9.17, 15) is 27.2 Å². The number of rotatable bonds is 8. The van der Waals surface area contributed by atoms with Gasteiger partial charge in [0.1, 0.15) is 0 Å². The minimum atomic E-state index is -1.47. The van der Waals surface area contributed by atoms with Gasteiger partial charge in [-0.25, -0.2) is 27.2 Å². The summed E-state index contributed by atoms with van der Waals surface area (Å²) in [4.78, 5) is 20.3. The van der Waals surface area contributed by atoms with E-state index in [-0.39, 0.29) is 21.1 Å². The molecule has 0 saturated carbocycles. The zero-order chi connectivity index (χ0) is 23.8. The first kappa shape index (κ1) is 28.9. The maximum absolute atomic E-state index is 12.5. The summed E-state index contributed by atoms with van der Waals surface area (Å²) in [6, 6.07) is 6.01. The quantitative estimate of drug-likeness (QED) is 0.226. The number of carboxylic acid groups (broad SMARTS) is 2. The molecule has 0 bridgehead atoms. The number of carbonyl (C=O) groups is 2. The van der Waals surface area contributed by atoms with Crippen molar-refractivity contribution in [2.45, 2.75) is 48.4 Å². The summed E-state index contributed by atoms with van der Waals surface area (Å²) in [6.07, 6.45) is 5.84. The van der Waals surface area contributed by atoms with Crippen molar-refractivity contribution < 1.29 is 37.4 Å². The zero-order valence-corrected chi connectivity index (χ0v) is 20.3. The van der Waals surface area contributed by atoms with E-state index in [4.69, 9.17) is 10.2 Å². The van der Waals surface area contributed by atoms with E-state index in [1.165, 1.54) is 25.7 Å². The molecule has 0 aliphatic rings. The topological polar surface area (TPSA) is 74.6 Å². The summed E-state index contributed by atoms with van der Waals surface area (Å²) < 4.78 is 52.8. The number of aromatic carboxylic acids is 2. The third-order valence-corrected chi connectivity index (χ3v) is 7.81. The summed E-state index contributed by atoms with van der Waals surface area (Å²) >= 11 is 0.149. The van der Waals surface area contributed by atoms with Gasteiger partial charge in [-0.05, 0) is 24.3 Å². The third kappa shape index (κ3) is 11.8. The molecule has 0 aliphatic carbocycles. The molecule has 0 spiro atoms. The van der Waals surface area contributed by atoms with Gasteiger partial charge < -0.3 is 10.2 Å². The van der Waals surface area contributed by atoms with Crippen LogP contribution in [0.2, 0.25) is 8.87 Å². The Kier molecular flexibility index (Phi) is 15.5. The SMILES string of the molecule is CCC[CH2][Sn][CH2]CCC.O=C(O)c1cccc(F)c1F.O=C(O)c1cccc(F)c1F. The molecule has 0 unspecified atom stereocenters. The molecule has 2 aromatic carbocycles. The van der Waals surface area contributed by atoms with Crippen molar-refractivity contribution in [2.75, 3.05) is 0 Å². The molecule has 31 heavy (non-hydrogen) atoms. The van der Waals surface area contributed by atoms with E-state index < -0.39 is 46.3 Å². The van der Waals surface area contributed by atoms with Crippen LogP contribution in [0.25, 0.3) is 0 Å². The van der Waals surface area contributed by atoms with Crippen LogP contribution in [0.15, 0.2) is 36.4 Å². The molecule has 0 amide bonds. The van der Waals surface area contributed by atoms with Gasteiger partial charge in [0.05, 0.1) is 11.1 Å². The number of unbranched alkanes of at least 4 members (excludes halogenated alkanes) is 2. The molecule has 0 aromatic heterocycles. The van der Waals surface area contributed by atoms with E-state index in [0.717, 1.165) is 36.4 Å². The van der Waals surface area contributed by atoms with Gasteiger partial charge in [0.15, 0.2) is 23.3 Å². The predicted molar refractivity (Wildman–Crippen MR) is 112 cm³/mol. The van der Waals surface area contributed by atoms with Crippen molar-refractivity contribution in [3.8, 4) is 0 Å². The molecule has 9 heteroatoms. The molecule has 0 heterocycles. The summed E-state index contributed by atoms with van der Waals surface area (Å²) in [7, 11) is 0. The first-order valence-corrected chi connectivity index (χ1v) is 13.8. The molecular weight excluding hydrogens is 523 g/mol. The first-order valence-electron chi connectivity index (χ1n) is 9.72. The molecule has 0 aliphatic heterocycles. The summed E-state index contributed by atoms with van der Waals surface area (Å²) in [5, 5.41) is 16.6. The number of hydrogen-bond donors (Lipinski definition) is 2. The van der Waals surface area contributed by atoms with Crippen LogP contribution in [0.3, 0.4) is 0 Å². The zero-order valence-electron chi connectivity index (χ0n) is 17.4. The van der Waals surface area contributed by atoms with E-state index in [0.29, 0.717) is 0 Å². The largest absolute Gasteiger partial charge is 0.478 e. The van der Waals surface area contributed by atoms with Gasteiger partial charge in [-0.3, -0.25) is 0 Å². The van der Waals surface area contributed by atoms with Crippen molar-refractivity contribution in [1.29, 1.82) is 0 Å². The van der Waals surface area contributed by atoms with E-state index in [2.05, 4.69) is 13.8 Å². The molecule has 0 fully saturated rings. The molecule has 2 N–H and O–H groups in total. The monoisotopic (exact) mass is 550 g/mol. The third-order valence-electron chi connectivity index (χ3n) is 3.78. The van der Waals surface area contributed by atoms with E-state index in [1.54, 1.807) is 8.87 Å². The number of halogens is 4. The average Bonchev–Trinajstić information content (AvgIpc) is 2.72. The Labute approximate surface area is 189 Å². The Balaban J connectivity index is 0.000000439. The van der Waals surface area contributed by atoms with Crippen LogP contribution in [0.4, 0.5) is 17.6 Å². The van der Waals surface area contributed by atoms with Crippen LogP contribution in [0.1, 0.15) is 60.2 Å². The maximum Gasteiger partial charge on any atom is 0.338 e. The van der Waals surface area contributed by atoms with Crippen LogP contribution >= 0.6 is 0 Å². The Bertz CT molecular complexity index is 764. The van der Waals surface area contributed by atoms with Gasteiger partial charge in [-0.1, -0.05) is 12.1 Å². The molecule has 0 atom stereocenters. The fourth-order valence-electron chi connectivity index (χ4n) is 2.07. The van der Waals surface area contributed by atoms with Crippen LogP contribution in [0, 0.1) is 23.3 Å². The molecule has 170 valence electrons. The fourth-order valence-corrected chi connectivity index (χ4v) is 6.23. The van der Waals surface area contributed by atoms with Gasteiger partial charge in [0.25, 0.3) is 0 Å². The standard InChI is InChI=1S/2C7H4F2O2.2C4H9.Sn/c2*8-5-3-1-2-4(6(5)9)7(10)11;2*1-3-4-2;/h2*1-3H,(H,10,11);2*1,3-4H2,2H3;. The van der Waals surface area contributed by atoms with Gasteiger partial charge in [0.2, 0.25) is 0 Å². The molecule has 4 nitrogen and oxygen atoms in total. The molecule has 2 aromatic rings.